The van der Waals surface area contributed by atoms with Crippen LogP contribution in [0, 0.1) is 0 Å². The summed E-state index contributed by atoms with van der Waals surface area (Å²) in [5.74, 6) is 1.78. The van der Waals surface area contributed by atoms with Crippen LogP contribution in [0.5, 0.6) is 0 Å². The molecule has 0 aliphatic carbocycles. The number of thiophene rings is 1. The van der Waals surface area contributed by atoms with Gasteiger partial charge in [0.15, 0.2) is 17.5 Å². The summed E-state index contributed by atoms with van der Waals surface area (Å²) in [6.45, 7) is 0. The summed E-state index contributed by atoms with van der Waals surface area (Å²) in [7, 11) is 0. The standard InChI is InChI=1S/C61H37N3OS/c1-3-14-38(15-4-1)42-20-10-23-47(36-42)48-24-13-29-54-56(48)51-26-12-27-52(57(51)65-54)60-62-59(40-17-5-2-6-18-40)63-61(64-60)53-28-11-25-50-49-33-32-46(37-55(49)66-58(50)53)44-22-9-21-43(35-44)45-31-30-39-16-7-8-19-41(39)34-45/h1-37H. The zero-order chi connectivity index (χ0) is 43.6. The highest BCUT2D eigenvalue weighted by Crippen LogP contribution is 2.44. The summed E-state index contributed by atoms with van der Waals surface area (Å²) >= 11 is 1.78. The maximum atomic E-state index is 6.82. The molecule has 0 atom stereocenters. The van der Waals surface area contributed by atoms with Crippen molar-refractivity contribution in [2.75, 3.05) is 0 Å². The van der Waals surface area contributed by atoms with E-state index >= 15 is 0 Å². The molecule has 3 heterocycles. The van der Waals surface area contributed by atoms with Gasteiger partial charge in [0.05, 0.1) is 5.56 Å². The molecule has 0 aliphatic heterocycles. The Morgan fingerprint density at radius 1 is 0.318 bits per heavy atom. The van der Waals surface area contributed by atoms with Gasteiger partial charge in [-0.2, -0.15) is 0 Å². The second-order valence-electron chi connectivity index (χ2n) is 16.7. The summed E-state index contributed by atoms with van der Waals surface area (Å²) in [6, 6.07) is 79.4. The first-order chi connectivity index (χ1) is 32.7. The Morgan fingerprint density at radius 3 is 1.67 bits per heavy atom. The monoisotopic (exact) mass is 859 g/mol. The third kappa shape index (κ3) is 6.56. The Bertz CT molecular complexity index is 4000. The number of aromatic nitrogens is 3. The molecule has 3 aromatic heterocycles. The average Bonchev–Trinajstić information content (AvgIpc) is 3.97. The topological polar surface area (TPSA) is 51.8 Å². The Kier molecular flexibility index (Phi) is 9.00. The van der Waals surface area contributed by atoms with Crippen LogP contribution in [0.1, 0.15) is 0 Å². The van der Waals surface area contributed by atoms with E-state index in [1.807, 2.05) is 24.3 Å². The van der Waals surface area contributed by atoms with Crippen LogP contribution in [0.15, 0.2) is 229 Å². The van der Waals surface area contributed by atoms with E-state index in [1.54, 1.807) is 11.3 Å². The van der Waals surface area contributed by atoms with Gasteiger partial charge in [0.2, 0.25) is 0 Å². The molecule has 308 valence electrons. The molecule has 0 saturated carbocycles. The highest BCUT2D eigenvalue weighted by Gasteiger charge is 2.21. The second-order valence-corrected chi connectivity index (χ2v) is 17.8. The molecule has 5 heteroatoms. The predicted molar refractivity (Wildman–Crippen MR) is 276 cm³/mol. The SMILES string of the molecule is c1ccc(-c2cccc(-c3cccc4oc5c(-c6nc(-c7ccccc7)nc(-c7cccc8c7sc7cc(-c9cccc(-c%10ccc%11ccccc%11c%10)c9)ccc78)n6)cccc5c34)c2)cc1. The van der Waals surface area contributed by atoms with Gasteiger partial charge in [-0.3, -0.25) is 0 Å². The molecule has 13 rings (SSSR count). The van der Waals surface area contributed by atoms with E-state index in [4.69, 9.17) is 19.4 Å². The van der Waals surface area contributed by atoms with Gasteiger partial charge in [-0.05, 0) is 97.7 Å². The number of hydrogen-bond donors (Lipinski definition) is 0. The quantitative estimate of drug-likeness (QED) is 0.160. The van der Waals surface area contributed by atoms with Crippen LogP contribution in [0.2, 0.25) is 0 Å². The van der Waals surface area contributed by atoms with E-state index < -0.39 is 0 Å². The van der Waals surface area contributed by atoms with Gasteiger partial charge in [-0.25, -0.2) is 15.0 Å². The van der Waals surface area contributed by atoms with Crippen molar-refractivity contribution >= 4 is 64.2 Å². The van der Waals surface area contributed by atoms with Crippen LogP contribution >= 0.6 is 11.3 Å². The third-order valence-electron chi connectivity index (χ3n) is 12.7. The van der Waals surface area contributed by atoms with Crippen molar-refractivity contribution in [1.29, 1.82) is 0 Å². The molecule has 0 spiro atoms. The van der Waals surface area contributed by atoms with Crippen molar-refractivity contribution in [3.8, 4) is 78.7 Å². The summed E-state index contributed by atoms with van der Waals surface area (Å²) < 4.78 is 9.16. The molecule has 4 nitrogen and oxygen atoms in total. The van der Waals surface area contributed by atoms with Gasteiger partial charge >= 0.3 is 0 Å². The highest BCUT2D eigenvalue weighted by molar-refractivity contribution is 7.26. The van der Waals surface area contributed by atoms with E-state index in [2.05, 4.69) is 200 Å². The fourth-order valence-electron chi connectivity index (χ4n) is 9.50. The zero-order valence-corrected chi connectivity index (χ0v) is 36.3. The molecule has 0 aliphatic rings. The van der Waals surface area contributed by atoms with E-state index in [-0.39, 0.29) is 0 Å². The van der Waals surface area contributed by atoms with E-state index in [0.717, 1.165) is 54.5 Å². The highest BCUT2D eigenvalue weighted by atomic mass is 32.1. The molecule has 0 bridgehead atoms. The normalized spacial score (nSPS) is 11.6. The number of benzene rings is 10. The third-order valence-corrected chi connectivity index (χ3v) is 13.9. The molecular weight excluding hydrogens is 823 g/mol. The first-order valence-corrected chi connectivity index (χ1v) is 23.0. The summed E-state index contributed by atoms with van der Waals surface area (Å²) in [4.78, 5) is 15.7. The minimum absolute atomic E-state index is 0.558. The lowest BCUT2D eigenvalue weighted by Gasteiger charge is -2.09. The van der Waals surface area contributed by atoms with Crippen molar-refractivity contribution in [1.82, 2.24) is 15.0 Å². The lowest BCUT2D eigenvalue weighted by Crippen LogP contribution is -2.00. The van der Waals surface area contributed by atoms with Gasteiger partial charge in [0, 0.05) is 42.1 Å². The van der Waals surface area contributed by atoms with E-state index in [9.17, 15) is 0 Å². The molecule has 0 N–H and O–H groups in total. The molecule has 0 radical (unpaired) electrons. The molecule has 0 saturated heterocycles. The lowest BCUT2D eigenvalue weighted by molar-refractivity contribution is 0.669. The van der Waals surface area contributed by atoms with Gasteiger partial charge in [-0.1, -0.05) is 182 Å². The summed E-state index contributed by atoms with van der Waals surface area (Å²) in [6.07, 6.45) is 0. The first-order valence-electron chi connectivity index (χ1n) is 22.2. The molecular formula is C61H37N3OS. The van der Waals surface area contributed by atoms with Crippen LogP contribution < -0.4 is 0 Å². The molecule has 10 aromatic carbocycles. The molecule has 13 aromatic rings. The number of rotatable bonds is 7. The number of hydrogen-bond acceptors (Lipinski definition) is 5. The summed E-state index contributed by atoms with van der Waals surface area (Å²) in [5.41, 5.74) is 13.6. The van der Waals surface area contributed by atoms with Crippen LogP contribution in [-0.2, 0) is 0 Å². The molecule has 66 heavy (non-hydrogen) atoms. The first kappa shape index (κ1) is 38.0. The van der Waals surface area contributed by atoms with Gasteiger partial charge in [0.25, 0.3) is 0 Å². The Hall–Kier alpha value is -8.51. The number of para-hydroxylation sites is 1. The summed E-state index contributed by atoms with van der Waals surface area (Å²) in [5, 5.41) is 6.95. The molecule has 0 unspecified atom stereocenters. The van der Waals surface area contributed by atoms with E-state index in [0.29, 0.717) is 17.5 Å². The van der Waals surface area contributed by atoms with Crippen molar-refractivity contribution in [2.45, 2.75) is 0 Å². The fraction of sp³-hybridized carbons (Fsp3) is 0. The number of fused-ring (bicyclic) bond motifs is 7. The zero-order valence-electron chi connectivity index (χ0n) is 35.5. The van der Waals surface area contributed by atoms with Crippen molar-refractivity contribution in [2.24, 2.45) is 0 Å². The predicted octanol–water partition coefficient (Wildman–Crippen LogP) is 17.0. The van der Waals surface area contributed by atoms with Crippen molar-refractivity contribution in [3.05, 3.63) is 224 Å². The van der Waals surface area contributed by atoms with Crippen LogP contribution in [0.25, 0.3) is 132 Å². The fourth-order valence-corrected chi connectivity index (χ4v) is 10.7. The van der Waals surface area contributed by atoms with Gasteiger partial charge in [-0.15, -0.1) is 11.3 Å². The van der Waals surface area contributed by atoms with Gasteiger partial charge in [0.1, 0.15) is 11.2 Å². The van der Waals surface area contributed by atoms with Crippen LogP contribution in [0.3, 0.4) is 0 Å². The minimum atomic E-state index is 0.558. The number of nitrogens with zero attached hydrogens (tertiary/aromatic N) is 3. The van der Waals surface area contributed by atoms with E-state index in [1.165, 1.54) is 59.6 Å². The van der Waals surface area contributed by atoms with Crippen molar-refractivity contribution in [3.63, 3.8) is 0 Å². The lowest BCUT2D eigenvalue weighted by atomic mass is 9.95. The number of furan rings is 1. The second kappa shape index (κ2) is 15.6. The van der Waals surface area contributed by atoms with Crippen LogP contribution in [0.4, 0.5) is 0 Å². The molecule has 0 fully saturated rings. The largest absolute Gasteiger partial charge is 0.455 e. The Balaban J connectivity index is 0.933. The average molecular weight is 860 g/mol. The Labute approximate surface area is 384 Å². The maximum Gasteiger partial charge on any atom is 0.167 e. The van der Waals surface area contributed by atoms with Crippen molar-refractivity contribution < 1.29 is 4.42 Å². The molecule has 0 amide bonds. The smallest absolute Gasteiger partial charge is 0.167 e. The Morgan fingerprint density at radius 2 is 0.864 bits per heavy atom. The maximum absolute atomic E-state index is 6.82. The van der Waals surface area contributed by atoms with Crippen LogP contribution in [-0.4, -0.2) is 15.0 Å². The van der Waals surface area contributed by atoms with Gasteiger partial charge < -0.3 is 4.42 Å². The minimum Gasteiger partial charge on any atom is -0.455 e.